The Morgan fingerprint density at radius 2 is 1.95 bits per heavy atom. The Balaban J connectivity index is 1.89. The number of nitrogens with zero attached hydrogens (tertiary/aromatic N) is 2. The van der Waals surface area contributed by atoms with E-state index in [9.17, 15) is 13.5 Å². The minimum Gasteiger partial charge on any atom is -0.508 e. The number of phenolic OH excluding ortho intramolecular Hbond substituents is 1. The predicted octanol–water partition coefficient (Wildman–Crippen LogP) is 0.511. The summed E-state index contributed by atoms with van der Waals surface area (Å²) in [6, 6.07) is 6.37. The highest BCUT2D eigenvalue weighted by Crippen LogP contribution is 2.28. The normalized spacial score (nSPS) is 26.8. The van der Waals surface area contributed by atoms with Gasteiger partial charge in [0.2, 0.25) is 0 Å². The van der Waals surface area contributed by atoms with E-state index in [1.807, 2.05) is 0 Å². The minimum atomic E-state index is -3.47. The molecule has 1 unspecified atom stereocenters. The van der Waals surface area contributed by atoms with Gasteiger partial charge in [-0.25, -0.2) is 0 Å². The van der Waals surface area contributed by atoms with Crippen LogP contribution in [-0.4, -0.2) is 50.1 Å². The molecule has 1 aromatic rings. The van der Waals surface area contributed by atoms with E-state index in [1.54, 1.807) is 16.4 Å². The van der Waals surface area contributed by atoms with Crippen LogP contribution in [0.5, 0.6) is 5.75 Å². The monoisotopic (exact) mass is 297 g/mol. The SMILES string of the molecule is O=S1(=O)N(c2ccc(O)cc2)CCCN1C1CCNC1. The summed E-state index contributed by atoms with van der Waals surface area (Å²) in [5, 5.41) is 12.5. The van der Waals surface area contributed by atoms with Crippen molar-refractivity contribution in [1.82, 2.24) is 9.62 Å². The van der Waals surface area contributed by atoms with E-state index in [-0.39, 0.29) is 11.8 Å². The predicted molar refractivity (Wildman–Crippen MR) is 77.0 cm³/mol. The topological polar surface area (TPSA) is 72.9 Å². The molecule has 3 rings (SSSR count). The van der Waals surface area contributed by atoms with Gasteiger partial charge in [0, 0.05) is 25.7 Å². The molecule has 0 spiro atoms. The summed E-state index contributed by atoms with van der Waals surface area (Å²) in [5.41, 5.74) is 0.610. The van der Waals surface area contributed by atoms with Gasteiger partial charge in [0.1, 0.15) is 5.75 Å². The van der Waals surface area contributed by atoms with Crippen LogP contribution in [0.4, 0.5) is 5.69 Å². The van der Waals surface area contributed by atoms with E-state index in [4.69, 9.17) is 0 Å². The van der Waals surface area contributed by atoms with Crippen molar-refractivity contribution in [1.29, 1.82) is 0 Å². The molecular weight excluding hydrogens is 278 g/mol. The zero-order chi connectivity index (χ0) is 14.2. The second-order valence-electron chi connectivity index (χ2n) is 5.21. The number of hydrogen-bond donors (Lipinski definition) is 2. The van der Waals surface area contributed by atoms with Crippen molar-refractivity contribution in [3.05, 3.63) is 24.3 Å². The second kappa shape index (κ2) is 5.23. The number of aromatic hydroxyl groups is 1. The standard InChI is InChI=1S/C13H19N3O3S/c17-13-4-2-11(3-5-13)15-8-1-9-16(20(15,18)19)12-6-7-14-10-12/h2-5,12,14,17H,1,6-10H2. The zero-order valence-electron chi connectivity index (χ0n) is 11.2. The molecule has 2 fully saturated rings. The molecule has 0 amide bonds. The fourth-order valence-corrected chi connectivity index (χ4v) is 4.78. The molecule has 0 aliphatic carbocycles. The molecule has 0 bridgehead atoms. The third-order valence-corrected chi connectivity index (χ3v) is 5.92. The van der Waals surface area contributed by atoms with Crippen LogP contribution in [0.1, 0.15) is 12.8 Å². The zero-order valence-corrected chi connectivity index (χ0v) is 12.0. The van der Waals surface area contributed by atoms with Crippen LogP contribution in [0.15, 0.2) is 24.3 Å². The number of nitrogens with one attached hydrogen (secondary N) is 1. The van der Waals surface area contributed by atoms with Gasteiger partial charge in [-0.15, -0.1) is 0 Å². The Bertz CT molecular complexity index is 567. The molecule has 1 aromatic carbocycles. The average molecular weight is 297 g/mol. The van der Waals surface area contributed by atoms with E-state index in [2.05, 4.69) is 5.32 Å². The molecule has 2 aliphatic rings. The number of hydrogen-bond acceptors (Lipinski definition) is 4. The maximum atomic E-state index is 12.7. The van der Waals surface area contributed by atoms with E-state index in [0.717, 1.165) is 25.9 Å². The van der Waals surface area contributed by atoms with Crippen LogP contribution in [0, 0.1) is 0 Å². The summed E-state index contributed by atoms with van der Waals surface area (Å²) in [5.74, 6) is 0.139. The van der Waals surface area contributed by atoms with Gasteiger partial charge >= 0.3 is 10.2 Å². The number of rotatable bonds is 2. The third kappa shape index (κ3) is 2.36. The highest BCUT2D eigenvalue weighted by molar-refractivity contribution is 7.90. The Hall–Kier alpha value is -1.31. The summed E-state index contributed by atoms with van der Waals surface area (Å²) in [6.07, 6.45) is 1.68. The molecule has 7 heteroatoms. The first-order chi connectivity index (χ1) is 9.59. The molecule has 2 N–H and O–H groups in total. The first kappa shape index (κ1) is 13.7. The first-order valence-corrected chi connectivity index (χ1v) is 8.28. The Morgan fingerprint density at radius 3 is 2.60 bits per heavy atom. The van der Waals surface area contributed by atoms with Gasteiger partial charge in [-0.3, -0.25) is 4.31 Å². The number of benzene rings is 1. The van der Waals surface area contributed by atoms with Gasteiger partial charge in [0.25, 0.3) is 0 Å². The summed E-state index contributed by atoms with van der Waals surface area (Å²) in [6.45, 7) is 2.67. The van der Waals surface area contributed by atoms with Crippen molar-refractivity contribution in [2.24, 2.45) is 0 Å². The van der Waals surface area contributed by atoms with Crippen molar-refractivity contribution in [3.8, 4) is 5.75 Å². The first-order valence-electron chi connectivity index (χ1n) is 6.88. The number of anilines is 1. The largest absolute Gasteiger partial charge is 0.508 e. The highest BCUT2D eigenvalue weighted by atomic mass is 32.2. The molecule has 20 heavy (non-hydrogen) atoms. The third-order valence-electron chi connectivity index (χ3n) is 3.89. The van der Waals surface area contributed by atoms with Crippen molar-refractivity contribution in [2.75, 3.05) is 30.5 Å². The lowest BCUT2D eigenvalue weighted by Crippen LogP contribution is -2.54. The van der Waals surface area contributed by atoms with Crippen LogP contribution < -0.4 is 9.62 Å². The molecule has 0 saturated carbocycles. The average Bonchev–Trinajstić information content (AvgIpc) is 2.93. The van der Waals surface area contributed by atoms with Gasteiger partial charge in [-0.05, 0) is 43.7 Å². The molecular formula is C13H19N3O3S. The molecule has 2 aliphatic heterocycles. The summed E-state index contributed by atoms with van der Waals surface area (Å²) < 4.78 is 28.5. The van der Waals surface area contributed by atoms with E-state index in [0.29, 0.717) is 18.8 Å². The van der Waals surface area contributed by atoms with E-state index < -0.39 is 10.2 Å². The van der Waals surface area contributed by atoms with E-state index in [1.165, 1.54) is 16.4 Å². The smallest absolute Gasteiger partial charge is 0.304 e. The van der Waals surface area contributed by atoms with Gasteiger partial charge in [-0.1, -0.05) is 0 Å². The van der Waals surface area contributed by atoms with Gasteiger partial charge in [-0.2, -0.15) is 12.7 Å². The fourth-order valence-electron chi connectivity index (χ4n) is 2.86. The molecule has 1 atom stereocenters. The van der Waals surface area contributed by atoms with Crippen LogP contribution in [-0.2, 0) is 10.2 Å². The van der Waals surface area contributed by atoms with E-state index >= 15 is 0 Å². The molecule has 0 radical (unpaired) electrons. The molecule has 6 nitrogen and oxygen atoms in total. The van der Waals surface area contributed by atoms with Crippen LogP contribution in [0.2, 0.25) is 0 Å². The maximum Gasteiger partial charge on any atom is 0.304 e. The lowest BCUT2D eigenvalue weighted by molar-refractivity contribution is 0.318. The highest BCUT2D eigenvalue weighted by Gasteiger charge is 2.39. The lowest BCUT2D eigenvalue weighted by atomic mass is 10.2. The fraction of sp³-hybridized carbons (Fsp3) is 0.538. The van der Waals surface area contributed by atoms with Crippen molar-refractivity contribution < 1.29 is 13.5 Å². The molecule has 2 heterocycles. The second-order valence-corrected chi connectivity index (χ2v) is 7.01. The number of phenols is 1. The van der Waals surface area contributed by atoms with Gasteiger partial charge in [0.15, 0.2) is 0 Å². The maximum absolute atomic E-state index is 12.7. The van der Waals surface area contributed by atoms with Crippen LogP contribution in [0.25, 0.3) is 0 Å². The summed E-state index contributed by atoms with van der Waals surface area (Å²) >= 11 is 0. The van der Waals surface area contributed by atoms with Crippen molar-refractivity contribution in [2.45, 2.75) is 18.9 Å². The van der Waals surface area contributed by atoms with Crippen molar-refractivity contribution in [3.63, 3.8) is 0 Å². The van der Waals surface area contributed by atoms with Crippen molar-refractivity contribution >= 4 is 15.9 Å². The van der Waals surface area contributed by atoms with Crippen LogP contribution in [0.3, 0.4) is 0 Å². The van der Waals surface area contributed by atoms with Gasteiger partial charge < -0.3 is 10.4 Å². The molecule has 110 valence electrons. The summed E-state index contributed by atoms with van der Waals surface area (Å²) in [4.78, 5) is 0. The Kier molecular flexibility index (Phi) is 3.57. The Labute approximate surface area is 119 Å². The van der Waals surface area contributed by atoms with Gasteiger partial charge in [0.05, 0.1) is 5.69 Å². The van der Waals surface area contributed by atoms with Crippen LogP contribution >= 0.6 is 0 Å². The lowest BCUT2D eigenvalue weighted by Gasteiger charge is -2.38. The molecule has 2 saturated heterocycles. The molecule has 0 aromatic heterocycles. The summed E-state index contributed by atoms with van der Waals surface area (Å²) in [7, 11) is -3.47. The Morgan fingerprint density at radius 1 is 1.20 bits per heavy atom. The quantitative estimate of drug-likeness (QED) is 0.834. The minimum absolute atomic E-state index is 0.0555.